The van der Waals surface area contributed by atoms with Gasteiger partial charge >= 0.3 is 5.97 Å². The van der Waals surface area contributed by atoms with Crippen molar-refractivity contribution in [3.63, 3.8) is 0 Å². The van der Waals surface area contributed by atoms with Gasteiger partial charge in [0, 0.05) is 24.9 Å². The van der Waals surface area contributed by atoms with Gasteiger partial charge in [-0.15, -0.1) is 0 Å². The van der Waals surface area contributed by atoms with E-state index in [-0.39, 0.29) is 30.3 Å². The highest BCUT2D eigenvalue weighted by Gasteiger charge is 2.45. The third-order valence-electron chi connectivity index (χ3n) is 6.00. The summed E-state index contributed by atoms with van der Waals surface area (Å²) in [5.74, 6) is 0.542. The fourth-order valence-electron chi connectivity index (χ4n) is 4.43. The highest BCUT2D eigenvalue weighted by molar-refractivity contribution is 6.41. The standard InChI is InChI=1S/C24H30N4O3/c1-14(29)22-20-10-17(18-11-25-15(2)26-12-18)9-19(16-7-6-8-16)23(20)28(27-22)13-21(30)31-24(3,4)5/h9-12,16,20,23H,6-8,13H2,1-5H3. The molecule has 0 spiro atoms. The van der Waals surface area contributed by atoms with Crippen molar-refractivity contribution >= 4 is 23.0 Å². The molecule has 2 heterocycles. The van der Waals surface area contributed by atoms with Crippen molar-refractivity contribution in [1.29, 1.82) is 0 Å². The summed E-state index contributed by atoms with van der Waals surface area (Å²) in [7, 11) is 0. The third-order valence-corrected chi connectivity index (χ3v) is 6.00. The maximum absolute atomic E-state index is 12.6. The molecule has 0 amide bonds. The van der Waals surface area contributed by atoms with E-state index in [0.29, 0.717) is 11.6 Å². The van der Waals surface area contributed by atoms with Crippen LogP contribution in [-0.4, -0.2) is 50.6 Å². The van der Waals surface area contributed by atoms with Crippen molar-refractivity contribution in [2.75, 3.05) is 6.54 Å². The number of ketones is 1. The van der Waals surface area contributed by atoms with Crippen molar-refractivity contribution in [2.24, 2.45) is 16.9 Å². The molecule has 7 heteroatoms. The largest absolute Gasteiger partial charge is 0.459 e. The Kier molecular flexibility index (Phi) is 5.54. The number of nitrogens with zero attached hydrogens (tertiary/aromatic N) is 4. The molecule has 1 aromatic rings. The topological polar surface area (TPSA) is 84.8 Å². The highest BCUT2D eigenvalue weighted by atomic mass is 16.6. The number of hydrazone groups is 1. The van der Waals surface area contributed by atoms with E-state index in [9.17, 15) is 9.59 Å². The zero-order chi connectivity index (χ0) is 22.3. The number of aryl methyl sites for hydroxylation is 1. The molecule has 1 saturated carbocycles. The second-order valence-electron chi connectivity index (χ2n) is 9.61. The number of allylic oxidation sites excluding steroid dienone is 2. The molecule has 1 fully saturated rings. The lowest BCUT2D eigenvalue weighted by Crippen LogP contribution is -2.43. The van der Waals surface area contributed by atoms with Crippen LogP contribution in [0.1, 0.15) is 58.3 Å². The molecule has 0 aromatic carbocycles. The van der Waals surface area contributed by atoms with Gasteiger partial charge in [-0.25, -0.2) is 9.97 Å². The zero-order valence-electron chi connectivity index (χ0n) is 18.9. The molecular formula is C24H30N4O3. The van der Waals surface area contributed by atoms with Crippen LogP contribution in [-0.2, 0) is 14.3 Å². The van der Waals surface area contributed by atoms with Crippen molar-refractivity contribution in [1.82, 2.24) is 15.0 Å². The number of fused-ring (bicyclic) bond motifs is 1. The van der Waals surface area contributed by atoms with E-state index in [0.717, 1.165) is 29.8 Å². The van der Waals surface area contributed by atoms with E-state index < -0.39 is 5.60 Å². The number of esters is 1. The van der Waals surface area contributed by atoms with E-state index in [1.54, 1.807) is 5.01 Å². The normalized spacial score (nSPS) is 23.4. The summed E-state index contributed by atoms with van der Waals surface area (Å²) in [4.78, 5) is 33.7. The van der Waals surface area contributed by atoms with Gasteiger partial charge in [-0.3, -0.25) is 14.6 Å². The molecule has 7 nitrogen and oxygen atoms in total. The van der Waals surface area contributed by atoms with Crippen LogP contribution in [0.4, 0.5) is 0 Å². The van der Waals surface area contributed by atoms with Crippen LogP contribution in [0.25, 0.3) is 5.57 Å². The summed E-state index contributed by atoms with van der Waals surface area (Å²) >= 11 is 0. The molecule has 2 unspecified atom stereocenters. The summed E-state index contributed by atoms with van der Waals surface area (Å²) in [6.07, 6.45) is 11.3. The summed E-state index contributed by atoms with van der Waals surface area (Å²) in [5.41, 5.74) is 3.09. The quantitative estimate of drug-likeness (QED) is 0.675. The van der Waals surface area contributed by atoms with Gasteiger partial charge in [-0.2, -0.15) is 5.10 Å². The highest BCUT2D eigenvalue weighted by Crippen LogP contribution is 2.45. The summed E-state index contributed by atoms with van der Waals surface area (Å²) in [5, 5.41) is 6.38. The van der Waals surface area contributed by atoms with Crippen LogP contribution >= 0.6 is 0 Å². The molecule has 31 heavy (non-hydrogen) atoms. The summed E-state index contributed by atoms with van der Waals surface area (Å²) < 4.78 is 5.53. The Labute approximate surface area is 183 Å². The first-order valence-electron chi connectivity index (χ1n) is 10.9. The van der Waals surface area contributed by atoms with Crippen LogP contribution in [0.15, 0.2) is 35.2 Å². The average molecular weight is 423 g/mol. The fourth-order valence-corrected chi connectivity index (χ4v) is 4.43. The van der Waals surface area contributed by atoms with Gasteiger partial charge < -0.3 is 4.74 Å². The van der Waals surface area contributed by atoms with Gasteiger partial charge in [0.25, 0.3) is 0 Å². The van der Waals surface area contributed by atoms with Crippen molar-refractivity contribution in [3.8, 4) is 0 Å². The summed E-state index contributed by atoms with van der Waals surface area (Å²) in [6.45, 7) is 8.96. The van der Waals surface area contributed by atoms with Crippen LogP contribution in [0.3, 0.4) is 0 Å². The minimum Gasteiger partial charge on any atom is -0.459 e. The van der Waals surface area contributed by atoms with Gasteiger partial charge in [-0.05, 0) is 57.6 Å². The Bertz CT molecular complexity index is 981. The Morgan fingerprint density at radius 2 is 1.87 bits per heavy atom. The first kappa shape index (κ1) is 21.4. The zero-order valence-corrected chi connectivity index (χ0v) is 18.9. The maximum Gasteiger partial charge on any atom is 0.327 e. The van der Waals surface area contributed by atoms with Crippen LogP contribution in [0.2, 0.25) is 0 Å². The molecule has 0 bridgehead atoms. The first-order chi connectivity index (χ1) is 14.6. The van der Waals surface area contributed by atoms with Crippen LogP contribution in [0.5, 0.6) is 0 Å². The van der Waals surface area contributed by atoms with Gasteiger partial charge in [0.2, 0.25) is 0 Å². The Balaban J connectivity index is 1.70. The number of rotatable bonds is 5. The SMILES string of the molecule is CC(=O)C1=NN(CC(=O)OC(C)(C)C)C2C(C3CCC3)=CC(c3cnc(C)nc3)=CC12. The number of hydrogen-bond acceptors (Lipinski definition) is 7. The predicted octanol–water partition coefficient (Wildman–Crippen LogP) is 3.50. The molecular weight excluding hydrogens is 392 g/mol. The van der Waals surface area contributed by atoms with E-state index in [1.165, 1.54) is 18.9 Å². The van der Waals surface area contributed by atoms with E-state index in [4.69, 9.17) is 4.74 Å². The van der Waals surface area contributed by atoms with E-state index in [2.05, 4.69) is 27.2 Å². The molecule has 0 saturated heterocycles. The second-order valence-corrected chi connectivity index (χ2v) is 9.61. The lowest BCUT2D eigenvalue weighted by molar-refractivity contribution is -0.156. The molecule has 1 aliphatic heterocycles. The predicted molar refractivity (Wildman–Crippen MR) is 118 cm³/mol. The lowest BCUT2D eigenvalue weighted by atomic mass is 9.70. The van der Waals surface area contributed by atoms with E-state index >= 15 is 0 Å². The summed E-state index contributed by atoms with van der Waals surface area (Å²) in [6, 6.07) is -0.133. The van der Waals surface area contributed by atoms with Crippen molar-refractivity contribution in [2.45, 2.75) is 65.5 Å². The third kappa shape index (κ3) is 4.45. The number of ether oxygens (including phenoxy) is 1. The number of carbonyl (C=O) groups is 2. The molecule has 3 aliphatic rings. The fraction of sp³-hybridized carbons (Fsp3) is 0.542. The molecule has 1 aromatic heterocycles. The first-order valence-corrected chi connectivity index (χ1v) is 10.9. The number of hydrogen-bond donors (Lipinski definition) is 0. The molecule has 0 N–H and O–H groups in total. The molecule has 2 aliphatic carbocycles. The Morgan fingerprint density at radius 3 is 2.42 bits per heavy atom. The minimum absolute atomic E-state index is 0.0239. The smallest absolute Gasteiger partial charge is 0.327 e. The van der Waals surface area contributed by atoms with Crippen LogP contribution < -0.4 is 0 Å². The maximum atomic E-state index is 12.6. The second kappa shape index (κ2) is 8.02. The lowest BCUT2D eigenvalue weighted by Gasteiger charge is -2.39. The van der Waals surface area contributed by atoms with Gasteiger partial charge in [0.05, 0.1) is 12.0 Å². The molecule has 0 radical (unpaired) electrons. The van der Waals surface area contributed by atoms with Gasteiger partial charge in [-0.1, -0.05) is 18.6 Å². The Morgan fingerprint density at radius 1 is 1.19 bits per heavy atom. The molecule has 164 valence electrons. The van der Waals surface area contributed by atoms with Gasteiger partial charge in [0.1, 0.15) is 23.7 Å². The number of Topliss-reactive ketones (excluding diaryl/α,β-unsaturated/α-hetero) is 1. The van der Waals surface area contributed by atoms with Crippen molar-refractivity contribution in [3.05, 3.63) is 41.5 Å². The number of carbonyl (C=O) groups excluding carboxylic acids is 2. The molecule has 4 rings (SSSR count). The Hall–Kier alpha value is -2.83. The average Bonchev–Trinajstić information content (AvgIpc) is 2.98. The van der Waals surface area contributed by atoms with Gasteiger partial charge in [0.15, 0.2) is 5.78 Å². The number of aromatic nitrogens is 2. The van der Waals surface area contributed by atoms with Crippen molar-refractivity contribution < 1.29 is 14.3 Å². The monoisotopic (exact) mass is 422 g/mol. The van der Waals surface area contributed by atoms with Crippen LogP contribution in [0, 0.1) is 18.8 Å². The minimum atomic E-state index is -0.568. The molecule has 2 atom stereocenters. The van der Waals surface area contributed by atoms with E-state index in [1.807, 2.05) is 40.1 Å².